The van der Waals surface area contributed by atoms with Gasteiger partial charge in [-0.1, -0.05) is 6.42 Å². The van der Waals surface area contributed by atoms with Crippen molar-refractivity contribution >= 4 is 11.3 Å². The highest BCUT2D eigenvalue weighted by molar-refractivity contribution is 7.09. The van der Waals surface area contributed by atoms with Crippen LogP contribution in [0, 0.1) is 12.8 Å². The van der Waals surface area contributed by atoms with E-state index < -0.39 is 0 Å². The van der Waals surface area contributed by atoms with Gasteiger partial charge in [-0.15, -0.1) is 11.3 Å². The fourth-order valence-electron chi connectivity index (χ4n) is 2.41. The number of rotatable bonds is 4. The zero-order valence-corrected chi connectivity index (χ0v) is 10.7. The lowest BCUT2D eigenvalue weighted by atomic mass is 9.86. The lowest BCUT2D eigenvalue weighted by Crippen LogP contribution is -2.33. The molecule has 0 aliphatic heterocycles. The third-order valence-corrected chi connectivity index (χ3v) is 4.05. The van der Waals surface area contributed by atoms with Crippen LogP contribution in [-0.4, -0.2) is 17.6 Å². The summed E-state index contributed by atoms with van der Waals surface area (Å²) in [6.07, 6.45) is 5.02. The summed E-state index contributed by atoms with van der Waals surface area (Å²) in [5.74, 6) is 0.767. The number of hydrogen-bond acceptors (Lipinski definition) is 4. The van der Waals surface area contributed by atoms with Gasteiger partial charge in [0.15, 0.2) is 0 Å². The summed E-state index contributed by atoms with van der Waals surface area (Å²) in [5, 5.41) is 6.78. The minimum Gasteiger partial charge on any atom is -0.328 e. The molecule has 0 amide bonds. The lowest BCUT2D eigenvalue weighted by molar-refractivity contribution is 0.310. The van der Waals surface area contributed by atoms with E-state index in [0.717, 1.165) is 24.0 Å². The fraction of sp³-hybridized carbons (Fsp3) is 0.750. The van der Waals surface area contributed by atoms with E-state index in [-0.39, 0.29) is 0 Å². The van der Waals surface area contributed by atoms with Crippen molar-refractivity contribution in [2.75, 3.05) is 6.54 Å². The highest BCUT2D eigenvalue weighted by Crippen LogP contribution is 2.22. The molecule has 2 unspecified atom stereocenters. The maximum Gasteiger partial charge on any atom is 0.0897 e. The van der Waals surface area contributed by atoms with Crippen molar-refractivity contribution in [1.29, 1.82) is 0 Å². The maximum absolute atomic E-state index is 5.97. The predicted molar refractivity (Wildman–Crippen MR) is 68.5 cm³/mol. The van der Waals surface area contributed by atoms with Crippen molar-refractivity contribution in [3.8, 4) is 0 Å². The van der Waals surface area contributed by atoms with E-state index in [0.29, 0.717) is 6.04 Å². The van der Waals surface area contributed by atoms with E-state index in [9.17, 15) is 0 Å². The van der Waals surface area contributed by atoms with Crippen molar-refractivity contribution in [1.82, 2.24) is 10.3 Å². The number of thiazole rings is 1. The normalized spacial score (nSPS) is 25.9. The maximum atomic E-state index is 5.97. The molecule has 0 radical (unpaired) electrons. The zero-order chi connectivity index (χ0) is 11.4. The van der Waals surface area contributed by atoms with Crippen LogP contribution in [0.15, 0.2) is 5.38 Å². The molecule has 3 N–H and O–H groups in total. The molecule has 1 aromatic rings. The molecule has 16 heavy (non-hydrogen) atoms. The second-order valence-corrected chi connectivity index (χ2v) is 5.84. The Morgan fingerprint density at radius 1 is 1.56 bits per heavy atom. The van der Waals surface area contributed by atoms with Gasteiger partial charge in [-0.2, -0.15) is 0 Å². The summed E-state index contributed by atoms with van der Waals surface area (Å²) in [6, 6.07) is 0.432. The second-order valence-electron chi connectivity index (χ2n) is 4.78. The Morgan fingerprint density at radius 3 is 3.12 bits per heavy atom. The summed E-state index contributed by atoms with van der Waals surface area (Å²) < 4.78 is 0. The number of aryl methyl sites for hydroxylation is 1. The van der Waals surface area contributed by atoms with Crippen LogP contribution in [0.4, 0.5) is 0 Å². The first-order valence-corrected chi connectivity index (χ1v) is 6.99. The van der Waals surface area contributed by atoms with Gasteiger partial charge in [0.1, 0.15) is 0 Å². The van der Waals surface area contributed by atoms with Crippen molar-refractivity contribution in [3.63, 3.8) is 0 Å². The first-order valence-electron chi connectivity index (χ1n) is 6.11. The molecule has 1 aromatic heterocycles. The summed E-state index contributed by atoms with van der Waals surface area (Å²) >= 11 is 1.72. The minimum absolute atomic E-state index is 0.432. The number of aromatic nitrogens is 1. The molecule has 1 fully saturated rings. The fourth-order valence-corrected chi connectivity index (χ4v) is 3.02. The van der Waals surface area contributed by atoms with Crippen molar-refractivity contribution in [2.24, 2.45) is 11.7 Å². The Balaban J connectivity index is 1.67. The van der Waals surface area contributed by atoms with Gasteiger partial charge < -0.3 is 11.1 Å². The number of nitrogens with zero attached hydrogens (tertiary/aromatic N) is 1. The van der Waals surface area contributed by atoms with Gasteiger partial charge in [-0.05, 0) is 38.6 Å². The highest BCUT2D eigenvalue weighted by atomic mass is 32.1. The van der Waals surface area contributed by atoms with Crippen LogP contribution >= 0.6 is 11.3 Å². The van der Waals surface area contributed by atoms with Gasteiger partial charge >= 0.3 is 0 Å². The predicted octanol–water partition coefficient (Wildman–Crippen LogP) is 2.06. The molecule has 0 spiro atoms. The summed E-state index contributed by atoms with van der Waals surface area (Å²) in [7, 11) is 0. The molecular weight excluding hydrogens is 218 g/mol. The molecule has 0 aromatic carbocycles. The summed E-state index contributed by atoms with van der Waals surface area (Å²) in [5.41, 5.74) is 7.14. The quantitative estimate of drug-likeness (QED) is 0.845. The van der Waals surface area contributed by atoms with Gasteiger partial charge in [0.25, 0.3) is 0 Å². The molecule has 1 heterocycles. The molecule has 0 bridgehead atoms. The Labute approximate surface area is 101 Å². The van der Waals surface area contributed by atoms with Crippen molar-refractivity contribution in [2.45, 2.75) is 45.2 Å². The smallest absolute Gasteiger partial charge is 0.0897 e. The molecule has 1 aliphatic rings. The van der Waals surface area contributed by atoms with Crippen LogP contribution in [0.25, 0.3) is 0 Å². The van der Waals surface area contributed by atoms with Crippen LogP contribution in [0.2, 0.25) is 0 Å². The third kappa shape index (κ3) is 3.54. The number of nitrogens with one attached hydrogen (secondary N) is 1. The van der Waals surface area contributed by atoms with Gasteiger partial charge in [0, 0.05) is 18.0 Å². The monoisotopic (exact) mass is 239 g/mol. The largest absolute Gasteiger partial charge is 0.328 e. The number of nitrogens with two attached hydrogens (primary N) is 1. The van der Waals surface area contributed by atoms with E-state index in [4.69, 9.17) is 5.73 Å². The molecule has 1 saturated carbocycles. The van der Waals surface area contributed by atoms with E-state index in [2.05, 4.69) is 15.7 Å². The van der Waals surface area contributed by atoms with E-state index in [1.54, 1.807) is 11.3 Å². The van der Waals surface area contributed by atoms with E-state index in [1.165, 1.54) is 31.4 Å². The molecule has 0 saturated heterocycles. The zero-order valence-electron chi connectivity index (χ0n) is 9.91. The second kappa shape index (κ2) is 5.75. The van der Waals surface area contributed by atoms with Crippen LogP contribution in [0.5, 0.6) is 0 Å². The molecule has 3 nitrogen and oxygen atoms in total. The van der Waals surface area contributed by atoms with Crippen molar-refractivity contribution < 1.29 is 0 Å². The SMILES string of the molecule is Cc1nc(CNCC2CCCC(N)C2)cs1. The van der Waals surface area contributed by atoms with Crippen LogP contribution in [0.1, 0.15) is 36.4 Å². The first kappa shape index (κ1) is 12.0. The molecule has 2 rings (SSSR count). The van der Waals surface area contributed by atoms with Crippen LogP contribution in [-0.2, 0) is 6.54 Å². The third-order valence-electron chi connectivity index (χ3n) is 3.23. The van der Waals surface area contributed by atoms with Gasteiger partial charge in [0.2, 0.25) is 0 Å². The summed E-state index contributed by atoms with van der Waals surface area (Å²) in [6.45, 7) is 4.04. The first-order chi connectivity index (χ1) is 7.74. The van der Waals surface area contributed by atoms with Crippen LogP contribution in [0.3, 0.4) is 0 Å². The Hall–Kier alpha value is -0.450. The van der Waals surface area contributed by atoms with Gasteiger partial charge in [-0.3, -0.25) is 0 Å². The van der Waals surface area contributed by atoms with Gasteiger partial charge in [-0.25, -0.2) is 4.98 Å². The minimum atomic E-state index is 0.432. The van der Waals surface area contributed by atoms with E-state index >= 15 is 0 Å². The summed E-state index contributed by atoms with van der Waals surface area (Å²) in [4.78, 5) is 4.44. The van der Waals surface area contributed by atoms with Gasteiger partial charge in [0.05, 0.1) is 10.7 Å². The van der Waals surface area contributed by atoms with Crippen LogP contribution < -0.4 is 11.1 Å². The number of hydrogen-bond donors (Lipinski definition) is 2. The molecule has 4 heteroatoms. The lowest BCUT2D eigenvalue weighted by Gasteiger charge is -2.26. The Bertz CT molecular complexity index is 324. The Kier molecular flexibility index (Phi) is 4.32. The highest BCUT2D eigenvalue weighted by Gasteiger charge is 2.18. The molecular formula is C12H21N3S. The average Bonchev–Trinajstić information content (AvgIpc) is 2.64. The van der Waals surface area contributed by atoms with Crippen molar-refractivity contribution in [3.05, 3.63) is 16.1 Å². The average molecular weight is 239 g/mol. The molecule has 1 aliphatic carbocycles. The Morgan fingerprint density at radius 2 is 2.44 bits per heavy atom. The molecule has 90 valence electrons. The molecule has 2 atom stereocenters. The standard InChI is InChI=1S/C12H21N3S/c1-9-15-12(8-16-9)7-14-6-10-3-2-4-11(13)5-10/h8,10-11,14H,2-7,13H2,1H3. The topological polar surface area (TPSA) is 50.9 Å². The van der Waals surface area contributed by atoms with E-state index in [1.807, 2.05) is 6.92 Å².